The number of nitrogens with one attached hydrogen (secondary N) is 1. The smallest absolute Gasteiger partial charge is 0.194 e. The van der Waals surface area contributed by atoms with Gasteiger partial charge in [0.15, 0.2) is 5.96 Å². The van der Waals surface area contributed by atoms with Crippen molar-refractivity contribution in [3.05, 3.63) is 23.7 Å². The first-order valence-electron chi connectivity index (χ1n) is 10.2. The predicted octanol–water partition coefficient (Wildman–Crippen LogP) is 3.37. The third-order valence-electron chi connectivity index (χ3n) is 5.22. The van der Waals surface area contributed by atoms with Crippen molar-refractivity contribution < 1.29 is 9.15 Å². The highest BCUT2D eigenvalue weighted by atomic mass is 127. The number of thioether (sulfide) groups is 1. The Balaban J connectivity index is 0.00000280. The Morgan fingerprint density at radius 3 is 2.71 bits per heavy atom. The minimum absolute atomic E-state index is 0. The molecule has 0 spiro atoms. The van der Waals surface area contributed by atoms with Crippen LogP contribution in [0.25, 0.3) is 0 Å². The van der Waals surface area contributed by atoms with Crippen molar-refractivity contribution in [2.24, 2.45) is 4.99 Å². The van der Waals surface area contributed by atoms with E-state index in [9.17, 15) is 0 Å². The molecule has 1 aromatic rings. The van der Waals surface area contributed by atoms with Gasteiger partial charge in [-0.05, 0) is 32.4 Å². The van der Waals surface area contributed by atoms with Crippen LogP contribution in [-0.4, -0.2) is 79.2 Å². The van der Waals surface area contributed by atoms with Crippen LogP contribution >= 0.6 is 35.7 Å². The maximum absolute atomic E-state index is 5.98. The molecule has 0 saturated carbocycles. The van der Waals surface area contributed by atoms with E-state index in [0.29, 0.717) is 11.8 Å². The van der Waals surface area contributed by atoms with E-state index in [1.54, 1.807) is 0 Å². The van der Waals surface area contributed by atoms with Gasteiger partial charge in [0.05, 0.1) is 25.8 Å². The van der Waals surface area contributed by atoms with Gasteiger partial charge in [0.2, 0.25) is 0 Å². The zero-order valence-electron chi connectivity index (χ0n) is 17.4. The summed E-state index contributed by atoms with van der Waals surface area (Å²) < 4.78 is 11.5. The highest BCUT2D eigenvalue weighted by molar-refractivity contribution is 14.0. The molecule has 0 radical (unpaired) electrons. The molecule has 2 unspecified atom stereocenters. The molecule has 2 saturated heterocycles. The summed E-state index contributed by atoms with van der Waals surface area (Å²) in [6.45, 7) is 13.6. The Bertz CT molecular complexity index is 607. The van der Waals surface area contributed by atoms with Gasteiger partial charge in [0.25, 0.3) is 0 Å². The monoisotopic (exact) mass is 522 g/mol. The number of rotatable bonds is 6. The Labute approximate surface area is 190 Å². The lowest BCUT2D eigenvalue weighted by Gasteiger charge is -2.35. The average molecular weight is 522 g/mol. The van der Waals surface area contributed by atoms with Gasteiger partial charge in [0.1, 0.15) is 11.5 Å². The summed E-state index contributed by atoms with van der Waals surface area (Å²) >= 11 is 2.09. The van der Waals surface area contributed by atoms with E-state index in [-0.39, 0.29) is 30.0 Å². The molecular formula is C20H35IN4O2S. The fourth-order valence-electron chi connectivity index (χ4n) is 3.66. The molecule has 1 N–H and O–H groups in total. The molecule has 160 valence electrons. The molecule has 1 aromatic heterocycles. The second kappa shape index (κ2) is 12.3. The number of aliphatic imine (C=N–C) groups is 1. The summed E-state index contributed by atoms with van der Waals surface area (Å²) in [6, 6.07) is 4.31. The minimum atomic E-state index is 0. The summed E-state index contributed by atoms with van der Waals surface area (Å²) in [5.74, 6) is 4.18. The number of ether oxygens (including phenoxy) is 1. The van der Waals surface area contributed by atoms with Gasteiger partial charge in [0, 0.05) is 43.7 Å². The molecule has 2 atom stereocenters. The van der Waals surface area contributed by atoms with Gasteiger partial charge < -0.3 is 19.4 Å². The average Bonchev–Trinajstić information content (AvgIpc) is 3.14. The number of hydrogen-bond acceptors (Lipinski definition) is 5. The molecule has 0 aliphatic carbocycles. The largest absolute Gasteiger partial charge is 0.465 e. The van der Waals surface area contributed by atoms with E-state index >= 15 is 0 Å². The van der Waals surface area contributed by atoms with Crippen LogP contribution in [0.3, 0.4) is 0 Å². The Kier molecular flexibility index (Phi) is 10.5. The van der Waals surface area contributed by atoms with Crippen LogP contribution in [0.15, 0.2) is 21.5 Å². The lowest BCUT2D eigenvalue weighted by atomic mass is 10.1. The third kappa shape index (κ3) is 6.53. The maximum atomic E-state index is 5.98. The first-order chi connectivity index (χ1) is 13.2. The number of aryl methyl sites for hydroxylation is 1. The van der Waals surface area contributed by atoms with Crippen molar-refractivity contribution >= 4 is 41.7 Å². The Morgan fingerprint density at radius 1 is 1.29 bits per heavy atom. The van der Waals surface area contributed by atoms with Crippen LogP contribution < -0.4 is 5.32 Å². The molecule has 0 aromatic carbocycles. The van der Waals surface area contributed by atoms with E-state index in [2.05, 4.69) is 46.8 Å². The summed E-state index contributed by atoms with van der Waals surface area (Å²) in [4.78, 5) is 9.92. The maximum Gasteiger partial charge on any atom is 0.194 e. The molecule has 3 heterocycles. The predicted molar refractivity (Wildman–Crippen MR) is 128 cm³/mol. The SMILES string of the molecule is CCNC(=NCC(c1ccc(C)o1)N1CCOCC1)N1CCSC(CC)C1.I. The van der Waals surface area contributed by atoms with Crippen molar-refractivity contribution in [3.63, 3.8) is 0 Å². The zero-order chi connectivity index (χ0) is 19.1. The number of morpholine rings is 1. The molecule has 0 amide bonds. The highest BCUT2D eigenvalue weighted by Gasteiger charge is 2.26. The van der Waals surface area contributed by atoms with Gasteiger partial charge in [-0.2, -0.15) is 11.8 Å². The van der Waals surface area contributed by atoms with Crippen LogP contribution in [0.1, 0.15) is 37.8 Å². The molecule has 2 aliphatic heterocycles. The van der Waals surface area contributed by atoms with Gasteiger partial charge in [-0.1, -0.05) is 6.92 Å². The van der Waals surface area contributed by atoms with E-state index in [0.717, 1.165) is 63.4 Å². The fraction of sp³-hybridized carbons (Fsp3) is 0.750. The van der Waals surface area contributed by atoms with Crippen LogP contribution in [0.5, 0.6) is 0 Å². The van der Waals surface area contributed by atoms with Crippen LogP contribution in [0.2, 0.25) is 0 Å². The first-order valence-corrected chi connectivity index (χ1v) is 11.3. The van der Waals surface area contributed by atoms with Crippen molar-refractivity contribution in [1.82, 2.24) is 15.1 Å². The van der Waals surface area contributed by atoms with E-state index < -0.39 is 0 Å². The molecule has 0 bridgehead atoms. The Morgan fingerprint density at radius 2 is 2.07 bits per heavy atom. The van der Waals surface area contributed by atoms with Gasteiger partial charge in [-0.15, -0.1) is 24.0 Å². The van der Waals surface area contributed by atoms with Crippen LogP contribution in [-0.2, 0) is 4.74 Å². The molecular weight excluding hydrogens is 487 g/mol. The first kappa shape index (κ1) is 23.8. The topological polar surface area (TPSA) is 53.2 Å². The number of furan rings is 1. The fourth-order valence-corrected chi connectivity index (χ4v) is 4.84. The molecule has 3 rings (SSSR count). The van der Waals surface area contributed by atoms with Crippen LogP contribution in [0.4, 0.5) is 0 Å². The second-order valence-electron chi connectivity index (χ2n) is 7.15. The Hall–Kier alpha value is -0.450. The number of nitrogens with zero attached hydrogens (tertiary/aromatic N) is 3. The molecule has 8 heteroatoms. The summed E-state index contributed by atoms with van der Waals surface area (Å²) in [7, 11) is 0. The minimum Gasteiger partial charge on any atom is -0.465 e. The lowest BCUT2D eigenvalue weighted by Crippen LogP contribution is -2.48. The van der Waals surface area contributed by atoms with E-state index in [4.69, 9.17) is 14.1 Å². The molecule has 28 heavy (non-hydrogen) atoms. The number of hydrogen-bond donors (Lipinski definition) is 1. The van der Waals surface area contributed by atoms with E-state index in [1.165, 1.54) is 12.2 Å². The van der Waals surface area contributed by atoms with Crippen molar-refractivity contribution in [2.75, 3.05) is 58.2 Å². The zero-order valence-corrected chi connectivity index (χ0v) is 20.5. The second-order valence-corrected chi connectivity index (χ2v) is 8.56. The normalized spacial score (nSPS) is 22.6. The van der Waals surface area contributed by atoms with Crippen molar-refractivity contribution in [3.8, 4) is 0 Å². The van der Waals surface area contributed by atoms with Crippen LogP contribution in [0, 0.1) is 6.92 Å². The van der Waals surface area contributed by atoms with Gasteiger partial charge >= 0.3 is 0 Å². The van der Waals surface area contributed by atoms with Gasteiger partial charge in [-0.25, -0.2) is 0 Å². The molecule has 2 aliphatic rings. The van der Waals surface area contributed by atoms with Crippen molar-refractivity contribution in [2.45, 2.75) is 38.5 Å². The lowest BCUT2D eigenvalue weighted by molar-refractivity contribution is 0.0135. The van der Waals surface area contributed by atoms with E-state index in [1.807, 2.05) is 13.0 Å². The number of guanidine groups is 1. The quantitative estimate of drug-likeness (QED) is 0.352. The third-order valence-corrected chi connectivity index (χ3v) is 6.59. The summed E-state index contributed by atoms with van der Waals surface area (Å²) in [5.41, 5.74) is 0. The summed E-state index contributed by atoms with van der Waals surface area (Å²) in [5, 5.41) is 4.20. The molecule has 6 nitrogen and oxygen atoms in total. The standard InChI is InChI=1S/C20H34N4O2S.HI/c1-4-17-15-24(10-13-27-17)20(21-5-2)22-14-18(19-7-6-16(3)26-19)23-8-11-25-12-9-23;/h6-7,17-18H,4-5,8-15H2,1-3H3,(H,21,22);1H. The van der Waals surface area contributed by atoms with Crippen molar-refractivity contribution in [1.29, 1.82) is 0 Å². The number of halogens is 1. The highest BCUT2D eigenvalue weighted by Crippen LogP contribution is 2.25. The molecule has 2 fully saturated rings. The summed E-state index contributed by atoms with van der Waals surface area (Å²) in [6.07, 6.45) is 1.21. The van der Waals surface area contributed by atoms with Gasteiger partial charge in [-0.3, -0.25) is 9.89 Å².